The minimum absolute atomic E-state index is 0.0561. The van der Waals surface area contributed by atoms with E-state index in [0.29, 0.717) is 11.4 Å². The maximum atomic E-state index is 13.7. The molecule has 2 N–H and O–H groups in total. The van der Waals surface area contributed by atoms with Gasteiger partial charge in [-0.15, -0.1) is 5.11 Å². The molecule has 0 aliphatic carbocycles. The van der Waals surface area contributed by atoms with E-state index in [1.54, 1.807) is 29.2 Å². The first kappa shape index (κ1) is 19.9. The predicted octanol–water partition coefficient (Wildman–Crippen LogP) is 5.56. The van der Waals surface area contributed by atoms with E-state index < -0.39 is 17.9 Å². The molecule has 1 amide bonds. The fraction of sp³-hybridized carbons (Fsp3) is 0.0370. The molecular formula is C27H18N4O3. The first-order valence-electron chi connectivity index (χ1n) is 10.8. The number of Topliss-reactive ketones (excluding diaryl/α,β-unsaturated/α-hetero) is 1. The molecule has 1 unspecified atom stereocenters. The van der Waals surface area contributed by atoms with Crippen molar-refractivity contribution in [3.05, 3.63) is 108 Å². The number of phenols is 1. The van der Waals surface area contributed by atoms with Crippen LogP contribution in [0.3, 0.4) is 0 Å². The van der Waals surface area contributed by atoms with Crippen molar-refractivity contribution in [1.29, 1.82) is 0 Å². The molecule has 0 saturated carbocycles. The van der Waals surface area contributed by atoms with Gasteiger partial charge in [-0.2, -0.15) is 5.11 Å². The van der Waals surface area contributed by atoms with Crippen LogP contribution in [0.25, 0.3) is 10.8 Å². The number of nitrogens with zero attached hydrogens (tertiary/aromatic N) is 3. The average Bonchev–Trinajstić information content (AvgIpc) is 3.15. The zero-order valence-corrected chi connectivity index (χ0v) is 17.8. The van der Waals surface area contributed by atoms with Gasteiger partial charge in [0.25, 0.3) is 5.91 Å². The average molecular weight is 446 g/mol. The summed E-state index contributed by atoms with van der Waals surface area (Å²) in [5.74, 6) is -1.08. The topological polar surface area (TPSA) is 94.4 Å². The number of aromatic hydroxyl groups is 1. The van der Waals surface area contributed by atoms with Gasteiger partial charge in [0.15, 0.2) is 11.5 Å². The van der Waals surface area contributed by atoms with Gasteiger partial charge in [-0.1, -0.05) is 54.6 Å². The summed E-state index contributed by atoms with van der Waals surface area (Å²) in [5, 5.41) is 24.0. The van der Waals surface area contributed by atoms with E-state index in [1.165, 1.54) is 12.1 Å². The first-order chi connectivity index (χ1) is 16.6. The van der Waals surface area contributed by atoms with Gasteiger partial charge in [0.1, 0.15) is 11.9 Å². The lowest BCUT2D eigenvalue weighted by Crippen LogP contribution is -2.44. The number of hydrogen-bond acceptors (Lipinski definition) is 6. The maximum absolute atomic E-state index is 13.7. The number of amides is 1. The third-order valence-corrected chi connectivity index (χ3v) is 6.06. The van der Waals surface area contributed by atoms with Gasteiger partial charge in [-0.05, 0) is 41.8 Å². The summed E-state index contributed by atoms with van der Waals surface area (Å²) >= 11 is 0. The zero-order chi connectivity index (χ0) is 23.2. The molecule has 34 heavy (non-hydrogen) atoms. The highest BCUT2D eigenvalue weighted by Crippen LogP contribution is 2.44. The number of carbonyl (C=O) groups is 2. The molecule has 0 saturated heterocycles. The molecule has 164 valence electrons. The fourth-order valence-electron chi connectivity index (χ4n) is 4.52. The summed E-state index contributed by atoms with van der Waals surface area (Å²) < 4.78 is 0. The molecule has 0 aromatic heterocycles. The molecule has 0 bridgehead atoms. The normalized spacial score (nSPS) is 16.8. The number of carbonyl (C=O) groups excluding carboxylic acids is 2. The summed E-state index contributed by atoms with van der Waals surface area (Å²) in [6, 6.07) is 26.8. The molecule has 7 nitrogen and oxygen atoms in total. The molecule has 0 fully saturated rings. The van der Waals surface area contributed by atoms with E-state index in [1.807, 2.05) is 54.6 Å². The monoisotopic (exact) mass is 446 g/mol. The lowest BCUT2D eigenvalue weighted by Gasteiger charge is -2.34. The highest BCUT2D eigenvalue weighted by molar-refractivity contribution is 6.25. The second-order valence-electron chi connectivity index (χ2n) is 8.05. The minimum Gasteiger partial charge on any atom is -0.507 e. The second kappa shape index (κ2) is 7.67. The fourth-order valence-corrected chi connectivity index (χ4v) is 4.52. The lowest BCUT2D eigenvalue weighted by molar-refractivity contribution is -0.114. The Morgan fingerprint density at radius 3 is 2.38 bits per heavy atom. The van der Waals surface area contributed by atoms with Gasteiger partial charge in [-0.25, -0.2) is 0 Å². The minimum atomic E-state index is -0.787. The van der Waals surface area contributed by atoms with Crippen molar-refractivity contribution in [2.24, 2.45) is 10.2 Å². The molecule has 6 rings (SSSR count). The molecule has 0 radical (unpaired) electrons. The van der Waals surface area contributed by atoms with E-state index in [4.69, 9.17) is 0 Å². The number of hydrogen-bond donors (Lipinski definition) is 2. The third-order valence-electron chi connectivity index (χ3n) is 6.06. The second-order valence-corrected chi connectivity index (χ2v) is 8.05. The number of benzene rings is 4. The van der Waals surface area contributed by atoms with Crippen molar-refractivity contribution in [2.75, 3.05) is 10.2 Å². The molecule has 2 heterocycles. The summed E-state index contributed by atoms with van der Waals surface area (Å²) in [6.07, 6.45) is -0.787. The van der Waals surface area contributed by atoms with Crippen LogP contribution in [0, 0.1) is 0 Å². The number of anilines is 2. The van der Waals surface area contributed by atoms with Crippen molar-refractivity contribution in [1.82, 2.24) is 0 Å². The van der Waals surface area contributed by atoms with Crippen LogP contribution in [0.4, 0.5) is 17.1 Å². The summed E-state index contributed by atoms with van der Waals surface area (Å²) in [6.45, 7) is 0. The number of para-hydroxylation sites is 1. The standard InChI is InChI=1S/C27H18N4O3/c32-21-15-5-4-12-18(21)25(33)23-24(30-29-17-10-2-1-3-11-17)27(34)31-20-14-7-9-16-8-6-13-19(22(16)20)28-26(23)31/h1-15,26,28,32H. The largest absolute Gasteiger partial charge is 0.507 e. The number of phenolic OH excluding ortho intramolecular Hbond substituents is 1. The Balaban J connectivity index is 1.54. The van der Waals surface area contributed by atoms with Crippen LogP contribution >= 0.6 is 0 Å². The number of fused-ring (bicyclic) bond motifs is 2. The van der Waals surface area contributed by atoms with Crippen LogP contribution in [-0.2, 0) is 4.79 Å². The highest BCUT2D eigenvalue weighted by atomic mass is 16.3. The van der Waals surface area contributed by atoms with Crippen molar-refractivity contribution < 1.29 is 14.7 Å². The lowest BCUT2D eigenvalue weighted by atomic mass is 9.97. The molecular weight excluding hydrogens is 428 g/mol. The Labute approximate surface area is 194 Å². The number of ketones is 1. The van der Waals surface area contributed by atoms with Crippen molar-refractivity contribution in [3.63, 3.8) is 0 Å². The van der Waals surface area contributed by atoms with Crippen molar-refractivity contribution in [2.45, 2.75) is 6.17 Å². The van der Waals surface area contributed by atoms with E-state index in [9.17, 15) is 14.7 Å². The van der Waals surface area contributed by atoms with Gasteiger partial charge < -0.3 is 10.4 Å². The summed E-state index contributed by atoms with van der Waals surface area (Å²) in [5.41, 5.74) is 2.23. The number of nitrogens with one attached hydrogen (secondary N) is 1. The quantitative estimate of drug-likeness (QED) is 0.317. The van der Waals surface area contributed by atoms with Gasteiger partial charge in [-0.3, -0.25) is 14.5 Å². The molecule has 4 aromatic carbocycles. The van der Waals surface area contributed by atoms with Crippen LogP contribution in [-0.4, -0.2) is 23.0 Å². The number of azo groups is 1. The Hall–Kier alpha value is -4.78. The molecule has 0 spiro atoms. The van der Waals surface area contributed by atoms with Crippen LogP contribution in [0.15, 0.2) is 112 Å². The molecule has 7 heteroatoms. The van der Waals surface area contributed by atoms with Crippen LogP contribution in [0.1, 0.15) is 10.4 Å². The predicted molar refractivity (Wildman–Crippen MR) is 129 cm³/mol. The molecule has 4 aromatic rings. The molecule has 1 atom stereocenters. The van der Waals surface area contributed by atoms with Crippen molar-refractivity contribution in [3.8, 4) is 5.75 Å². The van der Waals surface area contributed by atoms with Gasteiger partial charge in [0.05, 0.1) is 22.5 Å². The molecule has 2 aliphatic rings. The Bertz CT molecular complexity index is 1540. The molecule has 2 aliphatic heterocycles. The van der Waals surface area contributed by atoms with E-state index in [-0.39, 0.29) is 22.6 Å². The smallest absolute Gasteiger partial charge is 0.281 e. The van der Waals surface area contributed by atoms with Gasteiger partial charge >= 0.3 is 0 Å². The van der Waals surface area contributed by atoms with Gasteiger partial charge in [0, 0.05) is 11.1 Å². The number of rotatable bonds is 4. The Morgan fingerprint density at radius 2 is 1.59 bits per heavy atom. The van der Waals surface area contributed by atoms with Crippen LogP contribution < -0.4 is 10.2 Å². The van der Waals surface area contributed by atoms with Crippen molar-refractivity contribution >= 4 is 39.5 Å². The zero-order valence-electron chi connectivity index (χ0n) is 17.8. The van der Waals surface area contributed by atoms with Crippen LogP contribution in [0.2, 0.25) is 0 Å². The third kappa shape index (κ3) is 2.98. The Morgan fingerprint density at radius 1 is 0.853 bits per heavy atom. The van der Waals surface area contributed by atoms with Gasteiger partial charge in [0.2, 0.25) is 0 Å². The first-order valence-corrected chi connectivity index (χ1v) is 10.8. The van der Waals surface area contributed by atoms with Crippen LogP contribution in [0.5, 0.6) is 5.75 Å². The van der Waals surface area contributed by atoms with E-state index >= 15 is 0 Å². The SMILES string of the molecule is O=C(C1=C(N=Nc2ccccc2)C(=O)N2c3cccc4cccc(c34)NC12)c1ccccc1O. The van der Waals surface area contributed by atoms with E-state index in [0.717, 1.165) is 16.5 Å². The summed E-state index contributed by atoms with van der Waals surface area (Å²) in [4.78, 5) is 29.0. The van der Waals surface area contributed by atoms with E-state index in [2.05, 4.69) is 15.5 Å². The highest BCUT2D eigenvalue weighted by Gasteiger charge is 2.47. The summed E-state index contributed by atoms with van der Waals surface area (Å²) in [7, 11) is 0. The Kier molecular flexibility index (Phi) is 4.48. The maximum Gasteiger partial charge on any atom is 0.281 e.